The molecule has 0 aliphatic rings. The Balaban J connectivity index is 2.33. The molecule has 0 aliphatic heterocycles. The molecular weight excluding hydrogens is 398 g/mol. The van der Waals surface area contributed by atoms with E-state index in [-0.39, 0.29) is 5.57 Å². The first-order chi connectivity index (χ1) is 12.4. The second kappa shape index (κ2) is 8.50. The fraction of sp³-hybridized carbons (Fsp3) is 0.211. The number of nitriles is 1. The van der Waals surface area contributed by atoms with Crippen molar-refractivity contribution in [2.24, 2.45) is 0 Å². The van der Waals surface area contributed by atoms with E-state index in [1.165, 1.54) is 13.1 Å². The number of nitrogens with zero attached hydrogens (tertiary/aromatic N) is 2. The van der Waals surface area contributed by atoms with E-state index in [2.05, 4.69) is 21.2 Å². The highest BCUT2D eigenvalue weighted by Crippen LogP contribution is 2.24. The van der Waals surface area contributed by atoms with Gasteiger partial charge in [-0.25, -0.2) is 4.79 Å². The minimum Gasteiger partial charge on any atom is -0.451 e. The summed E-state index contributed by atoms with van der Waals surface area (Å²) in [7, 11) is 1.44. The molecule has 7 heteroatoms. The number of rotatable bonds is 5. The summed E-state index contributed by atoms with van der Waals surface area (Å²) in [6.07, 6.45) is 1.48. The lowest BCUT2D eigenvalue weighted by atomic mass is 10.1. The molecule has 0 fully saturated rings. The summed E-state index contributed by atoms with van der Waals surface area (Å²) in [5.41, 5.74) is 3.40. The predicted octanol–water partition coefficient (Wildman–Crippen LogP) is 3.05. The third-order valence-corrected chi connectivity index (χ3v) is 4.34. The second-order valence-electron chi connectivity index (χ2n) is 5.56. The molecule has 0 aliphatic carbocycles. The van der Waals surface area contributed by atoms with Gasteiger partial charge in [0.05, 0.1) is 0 Å². The Labute approximate surface area is 160 Å². The van der Waals surface area contributed by atoms with E-state index < -0.39 is 18.5 Å². The molecule has 0 radical (unpaired) electrons. The number of esters is 1. The fourth-order valence-electron chi connectivity index (χ4n) is 2.49. The van der Waals surface area contributed by atoms with Crippen LogP contribution in [0.2, 0.25) is 0 Å². The van der Waals surface area contributed by atoms with Gasteiger partial charge in [-0.05, 0) is 55.8 Å². The van der Waals surface area contributed by atoms with Gasteiger partial charge in [-0.15, -0.1) is 0 Å². The van der Waals surface area contributed by atoms with Gasteiger partial charge in [-0.3, -0.25) is 4.79 Å². The number of halogens is 1. The molecule has 0 unspecified atom stereocenters. The predicted molar refractivity (Wildman–Crippen MR) is 102 cm³/mol. The topological polar surface area (TPSA) is 84.1 Å². The molecule has 1 heterocycles. The first kappa shape index (κ1) is 19.5. The molecule has 1 aromatic heterocycles. The van der Waals surface area contributed by atoms with Crippen molar-refractivity contribution in [1.29, 1.82) is 5.26 Å². The van der Waals surface area contributed by atoms with Crippen molar-refractivity contribution in [1.82, 2.24) is 9.88 Å². The molecule has 6 nitrogen and oxygen atoms in total. The van der Waals surface area contributed by atoms with Crippen LogP contribution >= 0.6 is 15.9 Å². The molecule has 134 valence electrons. The van der Waals surface area contributed by atoms with Crippen LogP contribution in [-0.4, -0.2) is 30.1 Å². The molecule has 0 saturated heterocycles. The third kappa shape index (κ3) is 4.41. The average Bonchev–Trinajstić information content (AvgIpc) is 2.91. The van der Waals surface area contributed by atoms with E-state index >= 15 is 0 Å². The van der Waals surface area contributed by atoms with Gasteiger partial charge < -0.3 is 14.6 Å². The summed E-state index contributed by atoms with van der Waals surface area (Å²) in [6.45, 7) is 3.43. The van der Waals surface area contributed by atoms with E-state index in [0.717, 1.165) is 27.1 Å². The monoisotopic (exact) mass is 415 g/mol. The van der Waals surface area contributed by atoms with E-state index in [1.807, 2.05) is 54.8 Å². The molecule has 1 amide bonds. The number of carbonyl (C=O) groups is 2. The molecular formula is C19H18BrN3O3. The molecule has 1 aromatic carbocycles. The zero-order chi connectivity index (χ0) is 19.3. The number of amides is 1. The van der Waals surface area contributed by atoms with Gasteiger partial charge in [-0.2, -0.15) is 5.26 Å². The molecule has 2 rings (SSSR count). The quantitative estimate of drug-likeness (QED) is 0.461. The number of ether oxygens (including phenoxy) is 1. The Morgan fingerprint density at radius 3 is 2.54 bits per heavy atom. The van der Waals surface area contributed by atoms with Crippen molar-refractivity contribution in [3.05, 3.63) is 57.3 Å². The van der Waals surface area contributed by atoms with Gasteiger partial charge in [0.1, 0.15) is 11.6 Å². The van der Waals surface area contributed by atoms with E-state index in [9.17, 15) is 14.9 Å². The zero-order valence-corrected chi connectivity index (χ0v) is 16.3. The summed E-state index contributed by atoms with van der Waals surface area (Å²) < 4.78 is 7.85. The number of hydrogen-bond donors (Lipinski definition) is 1. The lowest BCUT2D eigenvalue weighted by molar-refractivity contribution is -0.144. The first-order valence-corrected chi connectivity index (χ1v) is 8.61. The van der Waals surface area contributed by atoms with Crippen molar-refractivity contribution in [2.75, 3.05) is 13.7 Å². The smallest absolute Gasteiger partial charge is 0.349 e. The van der Waals surface area contributed by atoms with E-state index in [4.69, 9.17) is 4.74 Å². The summed E-state index contributed by atoms with van der Waals surface area (Å²) in [5, 5.41) is 11.6. The zero-order valence-electron chi connectivity index (χ0n) is 14.7. The van der Waals surface area contributed by atoms with Crippen LogP contribution in [0.3, 0.4) is 0 Å². The maximum absolute atomic E-state index is 12.0. The van der Waals surface area contributed by atoms with Gasteiger partial charge in [-0.1, -0.05) is 15.9 Å². The maximum atomic E-state index is 12.0. The molecule has 0 spiro atoms. The van der Waals surface area contributed by atoms with Crippen LogP contribution in [0.5, 0.6) is 0 Å². The minimum atomic E-state index is -0.829. The summed E-state index contributed by atoms with van der Waals surface area (Å²) in [5.74, 6) is -1.27. The summed E-state index contributed by atoms with van der Waals surface area (Å²) in [4.78, 5) is 23.2. The molecule has 26 heavy (non-hydrogen) atoms. The van der Waals surface area contributed by atoms with Crippen LogP contribution in [0.1, 0.15) is 17.0 Å². The van der Waals surface area contributed by atoms with Crippen LogP contribution in [0.4, 0.5) is 0 Å². The summed E-state index contributed by atoms with van der Waals surface area (Å²) >= 11 is 3.41. The second-order valence-corrected chi connectivity index (χ2v) is 6.47. The Morgan fingerprint density at radius 1 is 1.31 bits per heavy atom. The fourth-order valence-corrected chi connectivity index (χ4v) is 2.76. The number of hydrogen-bond acceptors (Lipinski definition) is 4. The molecule has 0 saturated carbocycles. The average molecular weight is 416 g/mol. The largest absolute Gasteiger partial charge is 0.451 e. The number of likely N-dealkylation sites (N-methyl/N-ethyl adjacent to an activating group) is 1. The van der Waals surface area contributed by atoms with Crippen LogP contribution in [-0.2, 0) is 14.3 Å². The minimum absolute atomic E-state index is 0.162. The highest BCUT2D eigenvalue weighted by molar-refractivity contribution is 9.10. The number of nitrogens with one attached hydrogen (secondary N) is 1. The van der Waals surface area contributed by atoms with Gasteiger partial charge in [0.25, 0.3) is 5.91 Å². The SMILES string of the molecule is CNC(=O)COC(=O)/C(C#N)=C/c1cc(C)n(-c2ccc(Br)cc2)c1C. The first-order valence-electron chi connectivity index (χ1n) is 7.81. The molecule has 0 atom stereocenters. The third-order valence-electron chi connectivity index (χ3n) is 3.81. The van der Waals surface area contributed by atoms with Gasteiger partial charge in [0.15, 0.2) is 6.61 Å². The maximum Gasteiger partial charge on any atom is 0.349 e. The van der Waals surface area contributed by atoms with Gasteiger partial charge in [0.2, 0.25) is 0 Å². The standard InChI is InChI=1S/C19H18BrN3O3/c1-12-8-14(9-15(10-21)19(25)26-11-18(24)22-3)13(2)23(12)17-6-4-16(20)5-7-17/h4-9H,11H2,1-3H3,(H,22,24)/b15-9+. The van der Waals surface area contributed by atoms with Crippen LogP contribution < -0.4 is 5.32 Å². The Bertz CT molecular complexity index is 905. The normalized spacial score (nSPS) is 11.0. The molecule has 2 aromatic rings. The number of benzene rings is 1. The molecule has 1 N–H and O–H groups in total. The van der Waals surface area contributed by atoms with E-state index in [1.54, 1.807) is 0 Å². The lowest BCUT2D eigenvalue weighted by Gasteiger charge is -2.09. The number of carbonyl (C=O) groups excluding carboxylic acids is 2. The van der Waals surface area contributed by atoms with Crippen molar-refractivity contribution in [3.63, 3.8) is 0 Å². The van der Waals surface area contributed by atoms with Crippen LogP contribution in [0, 0.1) is 25.2 Å². The van der Waals surface area contributed by atoms with Gasteiger partial charge >= 0.3 is 5.97 Å². The van der Waals surface area contributed by atoms with Crippen LogP contribution in [0.15, 0.2) is 40.4 Å². The highest BCUT2D eigenvalue weighted by Gasteiger charge is 2.15. The van der Waals surface area contributed by atoms with Crippen molar-refractivity contribution < 1.29 is 14.3 Å². The summed E-state index contributed by atoms with van der Waals surface area (Å²) in [6, 6.07) is 11.6. The van der Waals surface area contributed by atoms with Crippen molar-refractivity contribution >= 4 is 33.9 Å². The highest BCUT2D eigenvalue weighted by atomic mass is 79.9. The van der Waals surface area contributed by atoms with Crippen LogP contribution in [0.25, 0.3) is 11.8 Å². The number of aromatic nitrogens is 1. The van der Waals surface area contributed by atoms with Crippen molar-refractivity contribution in [2.45, 2.75) is 13.8 Å². The Kier molecular flexibility index (Phi) is 6.36. The lowest BCUT2D eigenvalue weighted by Crippen LogP contribution is -2.25. The molecule has 0 bridgehead atoms. The van der Waals surface area contributed by atoms with Crippen molar-refractivity contribution in [3.8, 4) is 11.8 Å². The number of aryl methyl sites for hydroxylation is 1. The Hall–Kier alpha value is -2.85. The van der Waals surface area contributed by atoms with Gasteiger partial charge in [0, 0.05) is 28.6 Å². The van der Waals surface area contributed by atoms with E-state index in [0.29, 0.717) is 0 Å². The Morgan fingerprint density at radius 2 is 1.96 bits per heavy atom.